The maximum Gasteiger partial charge on any atom is 0.178 e. The Balaban J connectivity index is 2.03. The third-order valence-corrected chi connectivity index (χ3v) is 5.87. The third-order valence-electron chi connectivity index (χ3n) is 4.14. The Morgan fingerprint density at radius 3 is 2.00 bits per heavy atom. The monoisotopic (exact) mass is 347 g/mol. The summed E-state index contributed by atoms with van der Waals surface area (Å²) < 4.78 is 29.9. The van der Waals surface area contributed by atoms with E-state index in [0.29, 0.717) is 17.1 Å². The predicted molar refractivity (Wildman–Crippen MR) is 98.8 cm³/mol. The molecule has 0 heterocycles. The highest BCUT2D eigenvalue weighted by Crippen LogP contribution is 2.19. The predicted octanol–water partition coefficient (Wildman–Crippen LogP) is 3.56. The van der Waals surface area contributed by atoms with Crippen LogP contribution in [0.25, 0.3) is 0 Å². The summed E-state index contributed by atoms with van der Waals surface area (Å²) in [4.78, 5) is 2.60. The first kappa shape index (κ1) is 18.3. The van der Waals surface area contributed by atoms with Gasteiger partial charge >= 0.3 is 0 Å². The van der Waals surface area contributed by atoms with Crippen molar-refractivity contribution in [2.75, 3.05) is 30.9 Å². The van der Waals surface area contributed by atoms with Crippen molar-refractivity contribution in [3.8, 4) is 5.75 Å². The van der Waals surface area contributed by atoms with E-state index in [2.05, 4.69) is 30.9 Å². The summed E-state index contributed by atoms with van der Waals surface area (Å²) >= 11 is 0. The molecule has 4 nitrogen and oxygen atoms in total. The van der Waals surface area contributed by atoms with Gasteiger partial charge in [0.15, 0.2) is 9.84 Å². The number of sulfone groups is 1. The van der Waals surface area contributed by atoms with Crippen LogP contribution in [-0.4, -0.2) is 34.4 Å². The number of hydrogen-bond donors (Lipinski definition) is 0. The summed E-state index contributed by atoms with van der Waals surface area (Å²) in [5, 5.41) is 0. The summed E-state index contributed by atoms with van der Waals surface area (Å²) in [6.07, 6.45) is 0.507. The van der Waals surface area contributed by atoms with Crippen molar-refractivity contribution < 1.29 is 13.2 Å². The molecule has 0 bridgehead atoms. The molecule has 24 heavy (non-hydrogen) atoms. The zero-order chi connectivity index (χ0) is 17.6. The second-order valence-corrected chi connectivity index (χ2v) is 7.69. The SMILES string of the molecule is CCN(CC)c1ccc(CCS(=O)(=O)c2ccc(OC)cc2)cc1. The second kappa shape index (κ2) is 8.20. The van der Waals surface area contributed by atoms with E-state index in [1.54, 1.807) is 31.4 Å². The number of benzene rings is 2. The van der Waals surface area contributed by atoms with Crippen molar-refractivity contribution in [1.29, 1.82) is 0 Å². The van der Waals surface area contributed by atoms with Crippen molar-refractivity contribution in [3.05, 3.63) is 54.1 Å². The van der Waals surface area contributed by atoms with Crippen LogP contribution in [0.1, 0.15) is 19.4 Å². The van der Waals surface area contributed by atoms with Crippen LogP contribution in [0.4, 0.5) is 5.69 Å². The molecule has 0 saturated carbocycles. The zero-order valence-corrected chi connectivity index (χ0v) is 15.3. The largest absolute Gasteiger partial charge is 0.497 e. The maximum absolute atomic E-state index is 12.4. The minimum Gasteiger partial charge on any atom is -0.497 e. The molecule has 0 N–H and O–H groups in total. The lowest BCUT2D eigenvalue weighted by atomic mass is 10.1. The van der Waals surface area contributed by atoms with Crippen molar-refractivity contribution in [2.24, 2.45) is 0 Å². The fourth-order valence-electron chi connectivity index (χ4n) is 2.62. The number of anilines is 1. The molecule has 0 amide bonds. The van der Waals surface area contributed by atoms with E-state index in [-0.39, 0.29) is 5.75 Å². The molecule has 2 rings (SSSR count). The molecule has 2 aromatic carbocycles. The van der Waals surface area contributed by atoms with Crippen LogP contribution in [0.15, 0.2) is 53.4 Å². The molecule has 2 aromatic rings. The molecule has 0 spiro atoms. The van der Waals surface area contributed by atoms with Crippen molar-refractivity contribution in [3.63, 3.8) is 0 Å². The van der Waals surface area contributed by atoms with Crippen molar-refractivity contribution in [1.82, 2.24) is 0 Å². The molecule has 5 heteroatoms. The lowest BCUT2D eigenvalue weighted by Gasteiger charge is -2.21. The molecule has 0 aliphatic rings. The number of methoxy groups -OCH3 is 1. The van der Waals surface area contributed by atoms with Gasteiger partial charge in [0.1, 0.15) is 5.75 Å². The molecule has 0 atom stereocenters. The summed E-state index contributed by atoms with van der Waals surface area (Å²) in [5.74, 6) is 0.755. The summed E-state index contributed by atoms with van der Waals surface area (Å²) in [6, 6.07) is 14.7. The first-order chi connectivity index (χ1) is 11.5. The van der Waals surface area contributed by atoms with E-state index >= 15 is 0 Å². The van der Waals surface area contributed by atoms with E-state index in [4.69, 9.17) is 4.74 Å². The zero-order valence-electron chi connectivity index (χ0n) is 14.5. The maximum atomic E-state index is 12.4. The van der Waals surface area contributed by atoms with Crippen LogP contribution in [0.5, 0.6) is 5.75 Å². The topological polar surface area (TPSA) is 46.6 Å². The molecule has 0 saturated heterocycles. The number of nitrogens with zero attached hydrogens (tertiary/aromatic N) is 1. The molecule has 130 valence electrons. The lowest BCUT2D eigenvalue weighted by molar-refractivity contribution is 0.414. The molecular formula is C19H25NO3S. The molecular weight excluding hydrogens is 322 g/mol. The van der Waals surface area contributed by atoms with Gasteiger partial charge in [-0.2, -0.15) is 0 Å². The quantitative estimate of drug-likeness (QED) is 0.732. The van der Waals surface area contributed by atoms with Crippen molar-refractivity contribution in [2.45, 2.75) is 25.2 Å². The first-order valence-electron chi connectivity index (χ1n) is 8.21. The smallest absolute Gasteiger partial charge is 0.178 e. The Morgan fingerprint density at radius 1 is 0.917 bits per heavy atom. The standard InChI is InChI=1S/C19H25NO3S/c1-4-20(5-2)17-8-6-16(7-9-17)14-15-24(21,22)19-12-10-18(23-3)11-13-19/h6-13H,4-5,14-15H2,1-3H3. The molecule has 0 aliphatic carbocycles. The molecule has 0 aromatic heterocycles. The van der Waals surface area contributed by atoms with E-state index in [1.807, 2.05) is 12.1 Å². The van der Waals surface area contributed by atoms with Crippen LogP contribution < -0.4 is 9.64 Å². The summed E-state index contributed by atoms with van der Waals surface area (Å²) in [5.41, 5.74) is 2.20. The van der Waals surface area contributed by atoms with Gasteiger partial charge in [0.05, 0.1) is 17.8 Å². The molecule has 0 aliphatic heterocycles. The Bertz CT molecular complexity index is 733. The minimum absolute atomic E-state index is 0.101. The van der Waals surface area contributed by atoms with E-state index < -0.39 is 9.84 Å². The van der Waals surface area contributed by atoms with Gasteiger partial charge < -0.3 is 9.64 Å². The highest BCUT2D eigenvalue weighted by Gasteiger charge is 2.14. The molecule has 0 radical (unpaired) electrons. The minimum atomic E-state index is -3.29. The Morgan fingerprint density at radius 2 is 1.50 bits per heavy atom. The normalized spacial score (nSPS) is 11.3. The van der Waals surface area contributed by atoms with Gasteiger partial charge in [-0.1, -0.05) is 12.1 Å². The van der Waals surface area contributed by atoms with Gasteiger partial charge in [0, 0.05) is 18.8 Å². The lowest BCUT2D eigenvalue weighted by Crippen LogP contribution is -2.21. The Kier molecular flexibility index (Phi) is 6.26. The van der Waals surface area contributed by atoms with Gasteiger partial charge in [-0.3, -0.25) is 0 Å². The van der Waals surface area contributed by atoms with Crippen LogP contribution in [0.3, 0.4) is 0 Å². The summed E-state index contributed by atoms with van der Waals surface area (Å²) in [7, 11) is -1.72. The first-order valence-corrected chi connectivity index (χ1v) is 9.86. The fourth-order valence-corrected chi connectivity index (χ4v) is 3.91. The van der Waals surface area contributed by atoms with Gasteiger partial charge in [0.2, 0.25) is 0 Å². The highest BCUT2D eigenvalue weighted by atomic mass is 32.2. The van der Waals surface area contributed by atoms with Gasteiger partial charge in [-0.05, 0) is 62.2 Å². The van der Waals surface area contributed by atoms with Crippen LogP contribution in [0.2, 0.25) is 0 Å². The van der Waals surface area contributed by atoms with Crippen LogP contribution >= 0.6 is 0 Å². The second-order valence-electron chi connectivity index (χ2n) is 5.58. The Labute approximate surface area is 145 Å². The Hall–Kier alpha value is -2.01. The van der Waals surface area contributed by atoms with Crippen LogP contribution in [0, 0.1) is 0 Å². The van der Waals surface area contributed by atoms with Gasteiger partial charge in [-0.15, -0.1) is 0 Å². The highest BCUT2D eigenvalue weighted by molar-refractivity contribution is 7.91. The average molecular weight is 347 g/mol. The van der Waals surface area contributed by atoms with E-state index in [0.717, 1.165) is 18.7 Å². The molecule has 0 unspecified atom stereocenters. The number of rotatable bonds is 8. The average Bonchev–Trinajstić information content (AvgIpc) is 2.62. The van der Waals surface area contributed by atoms with Gasteiger partial charge in [-0.25, -0.2) is 8.42 Å². The van der Waals surface area contributed by atoms with E-state index in [1.165, 1.54) is 5.69 Å². The third kappa shape index (κ3) is 4.51. The number of aryl methyl sites for hydroxylation is 1. The van der Waals surface area contributed by atoms with Gasteiger partial charge in [0.25, 0.3) is 0 Å². The van der Waals surface area contributed by atoms with E-state index in [9.17, 15) is 8.42 Å². The number of ether oxygens (including phenoxy) is 1. The fraction of sp³-hybridized carbons (Fsp3) is 0.368. The molecule has 0 fully saturated rings. The van der Waals surface area contributed by atoms with Crippen LogP contribution in [-0.2, 0) is 16.3 Å². The van der Waals surface area contributed by atoms with Crippen molar-refractivity contribution >= 4 is 15.5 Å². The summed E-state index contributed by atoms with van der Waals surface area (Å²) in [6.45, 7) is 6.17. The number of hydrogen-bond acceptors (Lipinski definition) is 4.